The predicted molar refractivity (Wildman–Crippen MR) is 202 cm³/mol. The number of hydrogen-bond acceptors (Lipinski definition) is 11. The SMILES string of the molecule is O=C1N[C@]2(C(=O)NS(=O)(=O)C3CC3)C[C@@H]2/C=C\CCCCC[C@H](Nc2c(N3CCCCC3)c(=O)c2=O)C(=O)N2C[C@H](OC(=O)N3Cc4cccc(F)c4C3)C[C@@H]12. The number of rotatable bonds is 7. The van der Waals surface area contributed by atoms with E-state index in [0.29, 0.717) is 49.9 Å². The number of hydrogen-bond donors (Lipinski definition) is 3. The summed E-state index contributed by atoms with van der Waals surface area (Å²) in [5, 5.41) is 5.24. The molecule has 56 heavy (non-hydrogen) atoms. The molecule has 2 saturated heterocycles. The van der Waals surface area contributed by atoms with E-state index >= 15 is 0 Å². The summed E-state index contributed by atoms with van der Waals surface area (Å²) in [6.07, 6.45) is 8.63. The number of ether oxygens (including phenoxy) is 1. The lowest BCUT2D eigenvalue weighted by atomic mass is 10.0. The zero-order valence-electron chi connectivity index (χ0n) is 31.1. The molecule has 3 N–H and O–H groups in total. The first kappa shape index (κ1) is 38.1. The largest absolute Gasteiger partial charge is 0.444 e. The van der Waals surface area contributed by atoms with Crippen molar-refractivity contribution >= 4 is 45.2 Å². The fourth-order valence-electron chi connectivity index (χ4n) is 8.68. The standard InChI is InChI=1S/C39H47FN6O9S/c40-28-12-9-10-23-20-45(22-27(23)28)38(52)55-25-18-30-35(49)42-39(37(51)43-56(53,54)26-14-15-26)19-24(39)11-5-2-1-3-6-13-29(36(50)46(30)21-25)41-31-32(34(48)33(31)47)44-16-7-4-8-17-44/h5,9-12,24-26,29-30,41H,1-4,6-8,13-22H2,(H,42,49)(H,43,51)/b11-5-/t24-,25+,29-,30-,39+/m0/s1. The van der Waals surface area contributed by atoms with Crippen molar-refractivity contribution in [3.8, 4) is 0 Å². The van der Waals surface area contributed by atoms with Crippen LogP contribution in [0.3, 0.4) is 0 Å². The molecule has 4 heterocycles. The predicted octanol–water partition coefficient (Wildman–Crippen LogP) is 2.32. The van der Waals surface area contributed by atoms with Crippen LogP contribution in [0.25, 0.3) is 0 Å². The van der Waals surface area contributed by atoms with E-state index < -0.39 is 85.4 Å². The van der Waals surface area contributed by atoms with Crippen molar-refractivity contribution in [2.24, 2.45) is 5.92 Å². The van der Waals surface area contributed by atoms with E-state index in [0.717, 1.165) is 32.1 Å². The molecule has 0 radical (unpaired) electrons. The normalized spacial score (nSPS) is 29.0. The number of sulfonamides is 1. The summed E-state index contributed by atoms with van der Waals surface area (Å²) in [7, 11) is -3.94. The van der Waals surface area contributed by atoms with Gasteiger partial charge < -0.3 is 25.2 Å². The van der Waals surface area contributed by atoms with Gasteiger partial charge in [-0.2, -0.15) is 0 Å². The molecule has 4 aliphatic heterocycles. The van der Waals surface area contributed by atoms with Crippen molar-refractivity contribution in [2.75, 3.05) is 29.9 Å². The average molecular weight is 795 g/mol. The highest BCUT2D eigenvalue weighted by Crippen LogP contribution is 2.46. The number of anilines is 2. The third kappa shape index (κ3) is 7.29. The van der Waals surface area contributed by atoms with E-state index in [1.54, 1.807) is 12.1 Å². The average Bonchev–Trinajstić information content (AvgIpc) is 4.07. The highest BCUT2D eigenvalue weighted by Gasteiger charge is 2.62. The minimum Gasteiger partial charge on any atom is -0.444 e. The van der Waals surface area contributed by atoms with Gasteiger partial charge >= 0.3 is 6.09 Å². The van der Waals surface area contributed by atoms with Crippen LogP contribution >= 0.6 is 0 Å². The maximum absolute atomic E-state index is 14.7. The number of fused-ring (bicyclic) bond motifs is 3. The van der Waals surface area contributed by atoms with Gasteiger partial charge in [-0.05, 0) is 69.4 Å². The molecular formula is C39H47FN6O9S. The monoisotopic (exact) mass is 794 g/mol. The molecule has 0 unspecified atom stereocenters. The summed E-state index contributed by atoms with van der Waals surface area (Å²) in [4.78, 5) is 86.6. The van der Waals surface area contributed by atoms with Gasteiger partial charge in [0.05, 0.1) is 18.3 Å². The zero-order chi connectivity index (χ0) is 39.4. The van der Waals surface area contributed by atoms with Gasteiger partial charge in [0.15, 0.2) is 0 Å². The van der Waals surface area contributed by atoms with E-state index in [2.05, 4.69) is 15.4 Å². The molecule has 2 saturated carbocycles. The first-order valence-corrected chi connectivity index (χ1v) is 21.3. The van der Waals surface area contributed by atoms with Gasteiger partial charge in [-0.25, -0.2) is 17.6 Å². The first-order chi connectivity index (χ1) is 26.9. The Kier molecular flexibility index (Phi) is 10.2. The Morgan fingerprint density at radius 2 is 1.71 bits per heavy atom. The summed E-state index contributed by atoms with van der Waals surface area (Å²) in [6, 6.07) is 2.35. The molecule has 6 aliphatic rings. The first-order valence-electron chi connectivity index (χ1n) is 19.8. The lowest BCUT2D eigenvalue weighted by Crippen LogP contribution is -2.58. The van der Waals surface area contributed by atoms with E-state index in [4.69, 9.17) is 4.74 Å². The van der Waals surface area contributed by atoms with E-state index in [1.165, 1.54) is 15.9 Å². The molecule has 17 heteroatoms. The van der Waals surface area contributed by atoms with Gasteiger partial charge in [-0.3, -0.25) is 33.6 Å². The number of nitrogens with one attached hydrogen (secondary N) is 3. The maximum atomic E-state index is 14.7. The lowest BCUT2D eigenvalue weighted by molar-refractivity contribution is -0.140. The molecule has 2 aromatic carbocycles. The fraction of sp³-hybridized carbons (Fsp3) is 0.590. The molecule has 0 aromatic heterocycles. The van der Waals surface area contributed by atoms with Crippen LogP contribution in [0.5, 0.6) is 0 Å². The Morgan fingerprint density at radius 3 is 2.46 bits per heavy atom. The van der Waals surface area contributed by atoms with Crippen LogP contribution in [-0.2, 0) is 42.2 Å². The van der Waals surface area contributed by atoms with Crippen molar-refractivity contribution in [1.29, 1.82) is 0 Å². The van der Waals surface area contributed by atoms with Crippen LogP contribution in [0.1, 0.15) is 88.2 Å². The van der Waals surface area contributed by atoms with Crippen molar-refractivity contribution in [3.05, 3.63) is 67.7 Å². The Labute approximate surface area is 323 Å². The van der Waals surface area contributed by atoms with Crippen molar-refractivity contribution < 1.29 is 36.7 Å². The van der Waals surface area contributed by atoms with Gasteiger partial charge in [0.2, 0.25) is 21.8 Å². The second kappa shape index (κ2) is 14.9. The quantitative estimate of drug-likeness (QED) is 0.276. The highest BCUT2D eigenvalue weighted by atomic mass is 32.2. The van der Waals surface area contributed by atoms with Crippen molar-refractivity contribution in [3.63, 3.8) is 0 Å². The minimum absolute atomic E-state index is 0.0103. The second-order valence-corrected chi connectivity index (χ2v) is 18.1. The molecule has 2 aliphatic carbocycles. The third-order valence-electron chi connectivity index (χ3n) is 12.2. The molecular weight excluding hydrogens is 748 g/mol. The van der Waals surface area contributed by atoms with Crippen LogP contribution in [0.15, 0.2) is 39.9 Å². The molecule has 5 atom stereocenters. The van der Waals surface area contributed by atoms with Crippen LogP contribution in [0.4, 0.5) is 20.6 Å². The van der Waals surface area contributed by atoms with E-state index in [-0.39, 0.29) is 50.3 Å². The smallest absolute Gasteiger partial charge is 0.410 e. The number of carbonyl (C=O) groups is 4. The summed E-state index contributed by atoms with van der Waals surface area (Å²) >= 11 is 0. The fourth-order valence-corrected chi connectivity index (χ4v) is 10.0. The second-order valence-electron chi connectivity index (χ2n) is 16.1. The van der Waals surface area contributed by atoms with Crippen molar-refractivity contribution in [1.82, 2.24) is 19.8 Å². The van der Waals surface area contributed by atoms with Crippen molar-refractivity contribution in [2.45, 2.75) is 119 Å². The summed E-state index contributed by atoms with van der Waals surface area (Å²) in [5.41, 5.74) is -1.52. The highest BCUT2D eigenvalue weighted by molar-refractivity contribution is 7.91. The van der Waals surface area contributed by atoms with Crippen LogP contribution in [0, 0.1) is 11.7 Å². The van der Waals surface area contributed by atoms with Gasteiger partial charge in [0.25, 0.3) is 16.8 Å². The van der Waals surface area contributed by atoms with Gasteiger partial charge in [0, 0.05) is 37.5 Å². The maximum Gasteiger partial charge on any atom is 0.410 e. The van der Waals surface area contributed by atoms with Gasteiger partial charge in [-0.15, -0.1) is 0 Å². The third-order valence-corrected chi connectivity index (χ3v) is 14.0. The number of piperidine rings is 1. The molecule has 8 rings (SSSR count). The lowest BCUT2D eigenvalue weighted by Gasteiger charge is -2.33. The van der Waals surface area contributed by atoms with Crippen LogP contribution < -0.4 is 31.1 Å². The Hall–Kier alpha value is -4.80. The molecule has 15 nitrogen and oxygen atoms in total. The zero-order valence-corrected chi connectivity index (χ0v) is 31.9. The van der Waals surface area contributed by atoms with E-state index in [1.807, 2.05) is 17.1 Å². The summed E-state index contributed by atoms with van der Waals surface area (Å²) in [6.45, 7) is 1.14. The molecule has 300 valence electrons. The number of halogens is 1. The van der Waals surface area contributed by atoms with Crippen LogP contribution in [-0.4, -0.2) is 90.6 Å². The van der Waals surface area contributed by atoms with Crippen LogP contribution in [0.2, 0.25) is 0 Å². The van der Waals surface area contributed by atoms with Gasteiger partial charge in [0.1, 0.15) is 40.9 Å². The number of allylic oxidation sites excluding steroid dienone is 1. The van der Waals surface area contributed by atoms with Gasteiger partial charge in [-0.1, -0.05) is 37.1 Å². The summed E-state index contributed by atoms with van der Waals surface area (Å²) < 4.78 is 48.2. The molecule has 4 amide bonds. The Morgan fingerprint density at radius 1 is 0.946 bits per heavy atom. The molecule has 2 aromatic rings. The topological polar surface area (TPSA) is 192 Å². The number of nitrogens with zero attached hydrogens (tertiary/aromatic N) is 3. The molecule has 0 spiro atoms. The molecule has 4 fully saturated rings. The molecule has 0 bridgehead atoms. The minimum atomic E-state index is -3.94. The number of carbonyl (C=O) groups excluding carboxylic acids is 4. The number of benzene rings is 1. The number of amides is 4. The summed E-state index contributed by atoms with van der Waals surface area (Å²) in [5.74, 6) is -3.04. The Bertz CT molecular complexity index is 2140. The Balaban J connectivity index is 1.07. The van der Waals surface area contributed by atoms with E-state index in [9.17, 15) is 41.6 Å².